The van der Waals surface area contributed by atoms with Gasteiger partial charge < -0.3 is 9.30 Å². The van der Waals surface area contributed by atoms with Crippen molar-refractivity contribution < 1.29 is 17.9 Å². The number of hydrogen-bond acceptors (Lipinski definition) is 4. The molecule has 4 aromatic rings. The monoisotopic (exact) mass is 528 g/mol. The Morgan fingerprint density at radius 2 is 1.60 bits per heavy atom. The molecule has 0 atom stereocenters. The SMILES string of the molecule is CCOC(=O)c1c(-c2cccc(Cl)c2)c(-c2ccc(Cl)cc2)n(-c2ccc(S(N)(=O)=O)cc2)c1C. The van der Waals surface area contributed by atoms with Crippen LogP contribution in [0.25, 0.3) is 28.1 Å². The molecule has 6 nitrogen and oxygen atoms in total. The van der Waals surface area contributed by atoms with Crippen molar-refractivity contribution >= 4 is 39.2 Å². The molecular formula is C26H22Cl2N2O4S. The number of nitrogens with two attached hydrogens (primary N) is 1. The van der Waals surface area contributed by atoms with Crippen LogP contribution in [0.2, 0.25) is 10.0 Å². The number of halogens is 2. The van der Waals surface area contributed by atoms with E-state index in [9.17, 15) is 13.2 Å². The molecule has 0 bridgehead atoms. The minimum absolute atomic E-state index is 0.0141. The second-order valence-electron chi connectivity index (χ2n) is 7.80. The molecule has 0 fully saturated rings. The summed E-state index contributed by atoms with van der Waals surface area (Å²) in [6, 6.07) is 20.6. The molecule has 0 spiro atoms. The number of sulfonamides is 1. The zero-order valence-electron chi connectivity index (χ0n) is 19.0. The van der Waals surface area contributed by atoms with Crippen molar-refractivity contribution in [1.82, 2.24) is 4.57 Å². The highest BCUT2D eigenvalue weighted by Crippen LogP contribution is 2.42. The first kappa shape index (κ1) is 25.0. The second-order valence-corrected chi connectivity index (χ2v) is 10.2. The van der Waals surface area contributed by atoms with Gasteiger partial charge in [-0.05, 0) is 73.5 Å². The Hall–Kier alpha value is -3.10. The summed E-state index contributed by atoms with van der Waals surface area (Å²) in [5.74, 6) is -0.477. The average Bonchev–Trinajstić information content (AvgIpc) is 3.12. The van der Waals surface area contributed by atoms with Crippen LogP contribution >= 0.6 is 23.2 Å². The van der Waals surface area contributed by atoms with Gasteiger partial charge in [0, 0.05) is 27.0 Å². The zero-order valence-corrected chi connectivity index (χ0v) is 21.3. The summed E-state index contributed by atoms with van der Waals surface area (Å²) in [6.45, 7) is 3.76. The van der Waals surface area contributed by atoms with Crippen molar-refractivity contribution in [3.63, 3.8) is 0 Å². The zero-order chi connectivity index (χ0) is 25.3. The highest BCUT2D eigenvalue weighted by Gasteiger charge is 2.29. The minimum atomic E-state index is -3.86. The summed E-state index contributed by atoms with van der Waals surface area (Å²) >= 11 is 12.5. The van der Waals surface area contributed by atoms with Crippen LogP contribution in [0.4, 0.5) is 0 Å². The van der Waals surface area contributed by atoms with Crippen LogP contribution in [0, 0.1) is 6.92 Å². The van der Waals surface area contributed by atoms with E-state index in [0.717, 1.165) is 11.1 Å². The van der Waals surface area contributed by atoms with Gasteiger partial charge in [0.25, 0.3) is 0 Å². The molecule has 9 heteroatoms. The van der Waals surface area contributed by atoms with Crippen LogP contribution in [-0.4, -0.2) is 25.6 Å². The molecule has 4 rings (SSSR count). The van der Waals surface area contributed by atoms with Gasteiger partial charge in [-0.25, -0.2) is 18.4 Å². The van der Waals surface area contributed by atoms with E-state index in [1.807, 2.05) is 35.8 Å². The number of rotatable bonds is 6. The summed E-state index contributed by atoms with van der Waals surface area (Å²) in [6.07, 6.45) is 0. The van der Waals surface area contributed by atoms with Crippen LogP contribution in [0.5, 0.6) is 0 Å². The quantitative estimate of drug-likeness (QED) is 0.299. The maximum atomic E-state index is 13.2. The topological polar surface area (TPSA) is 91.4 Å². The minimum Gasteiger partial charge on any atom is -0.462 e. The molecule has 0 radical (unpaired) electrons. The van der Waals surface area contributed by atoms with Crippen LogP contribution in [-0.2, 0) is 14.8 Å². The molecule has 3 aromatic carbocycles. The normalized spacial score (nSPS) is 11.5. The van der Waals surface area contributed by atoms with Gasteiger partial charge in [0.15, 0.2) is 0 Å². The molecule has 0 unspecified atom stereocenters. The molecule has 0 aliphatic carbocycles. The Bertz CT molecular complexity index is 1510. The van der Waals surface area contributed by atoms with E-state index >= 15 is 0 Å². The first-order valence-corrected chi connectivity index (χ1v) is 13.0. The first-order valence-electron chi connectivity index (χ1n) is 10.7. The van der Waals surface area contributed by atoms with E-state index in [4.69, 9.17) is 33.1 Å². The van der Waals surface area contributed by atoms with Gasteiger partial charge >= 0.3 is 5.97 Å². The predicted molar refractivity (Wildman–Crippen MR) is 139 cm³/mol. The lowest BCUT2D eigenvalue weighted by molar-refractivity contribution is 0.0526. The van der Waals surface area contributed by atoms with Crippen molar-refractivity contribution in [2.45, 2.75) is 18.7 Å². The smallest absolute Gasteiger partial charge is 0.340 e. The number of hydrogen-bond donors (Lipinski definition) is 1. The number of nitrogens with zero attached hydrogens (tertiary/aromatic N) is 1. The third-order valence-electron chi connectivity index (χ3n) is 5.54. The molecule has 0 amide bonds. The lowest BCUT2D eigenvalue weighted by Gasteiger charge is -2.14. The Kier molecular flexibility index (Phi) is 7.05. The number of benzene rings is 3. The van der Waals surface area contributed by atoms with E-state index in [0.29, 0.717) is 38.2 Å². The average molecular weight is 529 g/mol. The molecule has 1 heterocycles. The van der Waals surface area contributed by atoms with E-state index in [1.165, 1.54) is 12.1 Å². The summed E-state index contributed by atoms with van der Waals surface area (Å²) in [5, 5.41) is 6.36. The third-order valence-corrected chi connectivity index (χ3v) is 6.96. The standard InChI is InChI=1S/C26H22Cl2N2O4S/c1-3-34-26(31)23-16(2)30(21-11-13-22(14-12-21)35(29,32)33)25(17-7-9-19(27)10-8-17)24(23)18-5-4-6-20(28)15-18/h4-15H,3H2,1-2H3,(H2,29,32,33). The highest BCUT2D eigenvalue weighted by atomic mass is 35.5. The molecule has 0 aliphatic heterocycles. The van der Waals surface area contributed by atoms with Crippen LogP contribution < -0.4 is 5.14 Å². The number of esters is 1. The van der Waals surface area contributed by atoms with Gasteiger partial charge in [-0.1, -0.05) is 47.5 Å². The van der Waals surface area contributed by atoms with Gasteiger partial charge in [0.1, 0.15) is 0 Å². The van der Waals surface area contributed by atoms with Gasteiger partial charge in [0.05, 0.1) is 22.8 Å². The number of aromatic nitrogens is 1. The molecule has 0 saturated carbocycles. The fourth-order valence-electron chi connectivity index (χ4n) is 4.06. The Balaban J connectivity index is 2.11. The maximum Gasteiger partial charge on any atom is 0.340 e. The fraction of sp³-hybridized carbons (Fsp3) is 0.115. The van der Waals surface area contributed by atoms with E-state index in [2.05, 4.69) is 0 Å². The Morgan fingerprint density at radius 3 is 2.17 bits per heavy atom. The fourth-order valence-corrected chi connectivity index (χ4v) is 4.89. The van der Waals surface area contributed by atoms with Gasteiger partial charge in [0.2, 0.25) is 10.0 Å². The molecular weight excluding hydrogens is 507 g/mol. The summed E-state index contributed by atoms with van der Waals surface area (Å²) < 4.78 is 30.9. The maximum absolute atomic E-state index is 13.2. The molecule has 180 valence electrons. The third kappa shape index (κ3) is 4.99. The lowest BCUT2D eigenvalue weighted by Crippen LogP contribution is -2.12. The van der Waals surface area contributed by atoms with Crippen LogP contribution in [0.3, 0.4) is 0 Å². The first-order chi connectivity index (χ1) is 16.6. The lowest BCUT2D eigenvalue weighted by atomic mass is 9.97. The number of carbonyl (C=O) groups is 1. The summed E-state index contributed by atoms with van der Waals surface area (Å²) in [5.41, 5.74) is 4.50. The number of primary sulfonamides is 1. The summed E-state index contributed by atoms with van der Waals surface area (Å²) in [4.78, 5) is 13.2. The van der Waals surface area contributed by atoms with E-state index < -0.39 is 16.0 Å². The largest absolute Gasteiger partial charge is 0.462 e. The van der Waals surface area contributed by atoms with Crippen LogP contribution in [0.1, 0.15) is 23.0 Å². The molecule has 2 N–H and O–H groups in total. The van der Waals surface area contributed by atoms with E-state index in [-0.39, 0.29) is 11.5 Å². The van der Waals surface area contributed by atoms with Gasteiger partial charge in [-0.3, -0.25) is 0 Å². The Morgan fingerprint density at radius 1 is 0.943 bits per heavy atom. The van der Waals surface area contributed by atoms with Gasteiger partial charge in [-0.15, -0.1) is 0 Å². The molecule has 0 aliphatic rings. The van der Waals surface area contributed by atoms with Crippen LogP contribution in [0.15, 0.2) is 77.7 Å². The van der Waals surface area contributed by atoms with Crippen molar-refractivity contribution in [3.05, 3.63) is 94.1 Å². The molecule has 1 aromatic heterocycles. The van der Waals surface area contributed by atoms with E-state index in [1.54, 1.807) is 43.3 Å². The van der Waals surface area contributed by atoms with Crippen molar-refractivity contribution in [2.75, 3.05) is 6.61 Å². The Labute approximate surface area is 213 Å². The highest BCUT2D eigenvalue weighted by molar-refractivity contribution is 7.89. The van der Waals surface area contributed by atoms with Crippen molar-refractivity contribution in [2.24, 2.45) is 5.14 Å². The summed E-state index contributed by atoms with van der Waals surface area (Å²) in [7, 11) is -3.86. The second kappa shape index (κ2) is 9.87. The molecule has 35 heavy (non-hydrogen) atoms. The molecule has 0 saturated heterocycles. The number of ether oxygens (including phenoxy) is 1. The van der Waals surface area contributed by atoms with Gasteiger partial charge in [-0.2, -0.15) is 0 Å². The number of carbonyl (C=O) groups excluding carboxylic acids is 1. The predicted octanol–water partition coefficient (Wildman–Crippen LogP) is 6.25. The van der Waals surface area contributed by atoms with Crippen molar-refractivity contribution in [3.8, 4) is 28.1 Å². The van der Waals surface area contributed by atoms with Crippen molar-refractivity contribution in [1.29, 1.82) is 0 Å².